The van der Waals surface area contributed by atoms with Crippen molar-refractivity contribution < 1.29 is 23.5 Å². The van der Waals surface area contributed by atoms with Crippen molar-refractivity contribution in [1.82, 2.24) is 0 Å². The number of halogens is 1. The first-order valence-corrected chi connectivity index (χ1v) is 10.6. The van der Waals surface area contributed by atoms with Crippen LogP contribution >= 0.6 is 0 Å². The fourth-order valence-corrected chi connectivity index (χ4v) is 3.79. The van der Waals surface area contributed by atoms with E-state index in [9.17, 15) is 14.0 Å². The largest absolute Gasteiger partial charge is 0.462 e. The second-order valence-corrected chi connectivity index (χ2v) is 8.94. The van der Waals surface area contributed by atoms with Crippen LogP contribution < -0.4 is 0 Å². The van der Waals surface area contributed by atoms with Crippen LogP contribution in [0.15, 0.2) is 18.2 Å². The van der Waals surface area contributed by atoms with Crippen molar-refractivity contribution in [3.63, 3.8) is 0 Å². The number of aryl methyl sites for hydroxylation is 1. The summed E-state index contributed by atoms with van der Waals surface area (Å²) in [6.07, 6.45) is 1.44. The van der Waals surface area contributed by atoms with E-state index in [2.05, 4.69) is 13.8 Å². The zero-order valence-electron chi connectivity index (χ0n) is 19.2. The molecule has 0 aliphatic carbocycles. The maximum absolute atomic E-state index is 13.6. The van der Waals surface area contributed by atoms with Crippen molar-refractivity contribution in [2.75, 3.05) is 0 Å². The van der Waals surface area contributed by atoms with Gasteiger partial charge in [0.25, 0.3) is 0 Å². The number of benzene rings is 1. The standard InChI is InChI=1S/C24H37FO4/c1-9-18(10-2)22(20-12-11-19(25)13-15(20)3)17(5)28-23(27)16(4)14-21(26)29-24(6,7)8/h11-13,16-18,22H,9-10,14H2,1-8H3/t16-,17+,22+/m1/s1. The number of esters is 2. The fourth-order valence-electron chi connectivity index (χ4n) is 3.79. The molecule has 0 saturated carbocycles. The van der Waals surface area contributed by atoms with Gasteiger partial charge in [-0.1, -0.05) is 39.7 Å². The minimum absolute atomic E-state index is 0.0198. The summed E-state index contributed by atoms with van der Waals surface area (Å²) < 4.78 is 24.7. The normalized spacial score (nSPS) is 15.0. The second kappa shape index (κ2) is 10.7. The molecule has 0 aliphatic rings. The highest BCUT2D eigenvalue weighted by Crippen LogP contribution is 2.36. The summed E-state index contributed by atoms with van der Waals surface area (Å²) in [5.41, 5.74) is 1.26. The highest BCUT2D eigenvalue weighted by atomic mass is 19.1. The first-order valence-electron chi connectivity index (χ1n) is 10.6. The van der Waals surface area contributed by atoms with Gasteiger partial charge in [0.15, 0.2) is 0 Å². The Labute approximate surface area is 175 Å². The van der Waals surface area contributed by atoms with Gasteiger partial charge in [0, 0.05) is 5.92 Å². The van der Waals surface area contributed by atoms with Crippen molar-refractivity contribution >= 4 is 11.9 Å². The van der Waals surface area contributed by atoms with E-state index in [0.29, 0.717) is 5.92 Å². The lowest BCUT2D eigenvalue weighted by molar-refractivity contribution is -0.163. The summed E-state index contributed by atoms with van der Waals surface area (Å²) in [6, 6.07) is 4.77. The monoisotopic (exact) mass is 408 g/mol. The van der Waals surface area contributed by atoms with Gasteiger partial charge in [0.2, 0.25) is 0 Å². The number of hydrogen-bond acceptors (Lipinski definition) is 4. The number of carbonyl (C=O) groups excluding carboxylic acids is 2. The topological polar surface area (TPSA) is 52.6 Å². The Hall–Kier alpha value is -1.91. The third-order valence-electron chi connectivity index (χ3n) is 5.25. The predicted molar refractivity (Wildman–Crippen MR) is 113 cm³/mol. The number of carbonyl (C=O) groups is 2. The van der Waals surface area contributed by atoms with E-state index in [1.165, 1.54) is 12.1 Å². The van der Waals surface area contributed by atoms with Gasteiger partial charge >= 0.3 is 11.9 Å². The van der Waals surface area contributed by atoms with Gasteiger partial charge in [-0.3, -0.25) is 9.59 Å². The lowest BCUT2D eigenvalue weighted by Gasteiger charge is -2.32. The van der Waals surface area contributed by atoms with Crippen LogP contribution in [0.25, 0.3) is 0 Å². The lowest BCUT2D eigenvalue weighted by Crippen LogP contribution is -2.32. The van der Waals surface area contributed by atoms with Crippen LogP contribution in [0.1, 0.15) is 84.8 Å². The second-order valence-electron chi connectivity index (χ2n) is 8.94. The first kappa shape index (κ1) is 25.1. The number of rotatable bonds is 9. The van der Waals surface area contributed by atoms with E-state index in [1.54, 1.807) is 33.8 Å². The lowest BCUT2D eigenvalue weighted by atomic mass is 9.78. The molecule has 3 atom stereocenters. The van der Waals surface area contributed by atoms with Crippen molar-refractivity contribution in [3.05, 3.63) is 35.1 Å². The summed E-state index contributed by atoms with van der Waals surface area (Å²) in [7, 11) is 0. The van der Waals surface area contributed by atoms with Crippen molar-refractivity contribution in [2.24, 2.45) is 11.8 Å². The zero-order chi connectivity index (χ0) is 22.4. The molecule has 0 fully saturated rings. The molecule has 0 aromatic heterocycles. The summed E-state index contributed by atoms with van der Waals surface area (Å²) >= 11 is 0. The fraction of sp³-hybridized carbons (Fsp3) is 0.667. The smallest absolute Gasteiger partial charge is 0.309 e. The summed E-state index contributed by atoms with van der Waals surface area (Å²) in [4.78, 5) is 24.7. The van der Waals surface area contributed by atoms with Crippen molar-refractivity contribution in [3.8, 4) is 0 Å². The Morgan fingerprint density at radius 2 is 1.69 bits per heavy atom. The number of hydrogen-bond donors (Lipinski definition) is 0. The Balaban J connectivity index is 2.95. The average Bonchev–Trinajstić information content (AvgIpc) is 2.58. The van der Waals surface area contributed by atoms with E-state index < -0.39 is 29.6 Å². The van der Waals surface area contributed by atoms with Gasteiger partial charge < -0.3 is 9.47 Å². The maximum Gasteiger partial charge on any atom is 0.309 e. The molecule has 0 N–H and O–H groups in total. The molecule has 1 aromatic rings. The maximum atomic E-state index is 13.6. The Morgan fingerprint density at radius 3 is 2.17 bits per heavy atom. The molecular formula is C24H37FO4. The Bertz CT molecular complexity index is 689. The molecule has 0 spiro atoms. The number of ether oxygens (including phenoxy) is 2. The minimum atomic E-state index is -0.594. The van der Waals surface area contributed by atoms with E-state index in [1.807, 2.05) is 13.8 Å². The van der Waals surface area contributed by atoms with Crippen LogP contribution in [-0.4, -0.2) is 23.6 Å². The molecule has 29 heavy (non-hydrogen) atoms. The van der Waals surface area contributed by atoms with Gasteiger partial charge in [-0.25, -0.2) is 4.39 Å². The van der Waals surface area contributed by atoms with Gasteiger partial charge in [-0.05, 0) is 63.8 Å². The average molecular weight is 409 g/mol. The molecule has 0 aliphatic heterocycles. The summed E-state index contributed by atoms with van der Waals surface area (Å²) in [5.74, 6) is -1.44. The van der Waals surface area contributed by atoms with Crippen molar-refractivity contribution in [2.45, 2.75) is 92.3 Å². The van der Waals surface area contributed by atoms with E-state index in [-0.39, 0.29) is 18.2 Å². The van der Waals surface area contributed by atoms with Crippen LogP contribution in [0.4, 0.5) is 4.39 Å². The molecule has 0 heterocycles. The molecule has 1 rings (SSSR count). The van der Waals surface area contributed by atoms with E-state index >= 15 is 0 Å². The Morgan fingerprint density at radius 1 is 1.10 bits per heavy atom. The third-order valence-corrected chi connectivity index (χ3v) is 5.25. The first-order chi connectivity index (χ1) is 13.4. The van der Waals surface area contributed by atoms with Crippen LogP contribution in [0.2, 0.25) is 0 Å². The molecule has 0 radical (unpaired) electrons. The minimum Gasteiger partial charge on any atom is -0.462 e. The molecule has 0 amide bonds. The zero-order valence-corrected chi connectivity index (χ0v) is 19.2. The van der Waals surface area contributed by atoms with Gasteiger partial charge in [0.1, 0.15) is 17.5 Å². The highest BCUT2D eigenvalue weighted by Gasteiger charge is 2.32. The van der Waals surface area contributed by atoms with Crippen LogP contribution in [0, 0.1) is 24.6 Å². The van der Waals surface area contributed by atoms with Crippen LogP contribution in [0.3, 0.4) is 0 Å². The predicted octanol–water partition coefficient (Wildman–Crippen LogP) is 5.95. The molecule has 0 bridgehead atoms. The molecule has 0 saturated heterocycles. The van der Waals surface area contributed by atoms with E-state index in [0.717, 1.165) is 24.0 Å². The van der Waals surface area contributed by atoms with Gasteiger partial charge in [-0.15, -0.1) is 0 Å². The molecular weight excluding hydrogens is 371 g/mol. The molecule has 1 aromatic carbocycles. The summed E-state index contributed by atoms with van der Waals surface area (Å²) in [6.45, 7) is 15.0. The van der Waals surface area contributed by atoms with Crippen molar-refractivity contribution in [1.29, 1.82) is 0 Å². The van der Waals surface area contributed by atoms with Crippen LogP contribution in [0.5, 0.6) is 0 Å². The highest BCUT2D eigenvalue weighted by molar-refractivity contribution is 5.80. The van der Waals surface area contributed by atoms with E-state index in [4.69, 9.17) is 9.47 Å². The molecule has 5 heteroatoms. The quantitative estimate of drug-likeness (QED) is 0.474. The van der Waals surface area contributed by atoms with Gasteiger partial charge in [-0.2, -0.15) is 0 Å². The SMILES string of the molecule is CCC(CC)[C@@H](c1ccc(F)cc1C)[C@H](C)OC(=O)[C@H](C)CC(=O)OC(C)(C)C. The molecule has 0 unspecified atom stereocenters. The van der Waals surface area contributed by atoms with Crippen LogP contribution in [-0.2, 0) is 19.1 Å². The molecule has 164 valence electrons. The summed E-state index contributed by atoms with van der Waals surface area (Å²) in [5, 5.41) is 0. The molecule has 4 nitrogen and oxygen atoms in total. The van der Waals surface area contributed by atoms with Gasteiger partial charge in [0.05, 0.1) is 12.3 Å². The Kier molecular flexibility index (Phi) is 9.31. The third kappa shape index (κ3) is 7.79.